The van der Waals surface area contributed by atoms with Crippen molar-refractivity contribution in [2.75, 3.05) is 0 Å². The average molecular weight is 210 g/mol. The number of carboxylic acid groups (broad SMARTS) is 1. The van der Waals surface area contributed by atoms with Crippen LogP contribution >= 0.6 is 0 Å². The number of aliphatic hydroxyl groups is 1. The van der Waals surface area contributed by atoms with Gasteiger partial charge >= 0.3 is 5.97 Å². The molecular weight excluding hydrogens is 200 g/mol. The summed E-state index contributed by atoms with van der Waals surface area (Å²) >= 11 is 0. The van der Waals surface area contributed by atoms with E-state index in [1.807, 2.05) is 0 Å². The predicted molar refractivity (Wildman–Crippen MR) is 50.7 cm³/mol. The molecule has 0 aromatic heterocycles. The highest BCUT2D eigenvalue weighted by Gasteiger charge is 2.18. The van der Waals surface area contributed by atoms with Crippen molar-refractivity contribution in [3.05, 3.63) is 29.8 Å². The monoisotopic (exact) mass is 210 g/mol. The first-order chi connectivity index (χ1) is 7.00. The van der Waals surface area contributed by atoms with Gasteiger partial charge < -0.3 is 15.3 Å². The summed E-state index contributed by atoms with van der Waals surface area (Å²) in [6, 6.07) is 5.52. The quantitative estimate of drug-likeness (QED) is 0.625. The van der Waals surface area contributed by atoms with E-state index in [1.54, 1.807) is 0 Å². The smallest absolute Gasteiger partial charge is 0.332 e. The van der Waals surface area contributed by atoms with Crippen LogP contribution in [0.15, 0.2) is 24.3 Å². The Morgan fingerprint density at radius 3 is 2.53 bits per heavy atom. The lowest BCUT2D eigenvalue weighted by Crippen LogP contribution is -2.23. The van der Waals surface area contributed by atoms with Crippen LogP contribution in [-0.2, 0) is 4.79 Å². The highest BCUT2D eigenvalue weighted by molar-refractivity contribution is 5.98. The van der Waals surface area contributed by atoms with E-state index in [0.29, 0.717) is 0 Å². The van der Waals surface area contributed by atoms with Gasteiger partial charge in [0.25, 0.3) is 0 Å². The van der Waals surface area contributed by atoms with Gasteiger partial charge in [-0.05, 0) is 12.1 Å². The van der Waals surface area contributed by atoms with Crippen LogP contribution < -0.4 is 0 Å². The molecule has 0 aliphatic rings. The Hall–Kier alpha value is -1.88. The summed E-state index contributed by atoms with van der Waals surface area (Å²) < 4.78 is 0. The zero-order valence-corrected chi connectivity index (χ0v) is 7.75. The van der Waals surface area contributed by atoms with Gasteiger partial charge in [0.05, 0.1) is 0 Å². The third-order valence-electron chi connectivity index (χ3n) is 1.83. The molecule has 15 heavy (non-hydrogen) atoms. The van der Waals surface area contributed by atoms with Gasteiger partial charge in [-0.2, -0.15) is 0 Å². The number of aliphatic hydroxyl groups excluding tert-OH is 1. The van der Waals surface area contributed by atoms with Crippen molar-refractivity contribution in [2.24, 2.45) is 0 Å². The number of aliphatic carboxylic acids is 1. The topological polar surface area (TPSA) is 94.8 Å². The largest absolute Gasteiger partial charge is 0.508 e. The number of carboxylic acids is 1. The molecule has 0 aliphatic heterocycles. The number of phenols is 1. The van der Waals surface area contributed by atoms with Crippen LogP contribution in [0, 0.1) is 0 Å². The minimum Gasteiger partial charge on any atom is -0.508 e. The lowest BCUT2D eigenvalue weighted by atomic mass is 10.1. The average Bonchev–Trinajstić information content (AvgIpc) is 2.17. The molecule has 1 atom stereocenters. The number of phenolic OH excluding ortho intramolecular Hbond substituents is 1. The molecule has 80 valence electrons. The molecule has 0 fully saturated rings. The number of aromatic hydroxyl groups is 1. The van der Waals surface area contributed by atoms with E-state index < -0.39 is 24.3 Å². The van der Waals surface area contributed by atoms with Gasteiger partial charge in [0.2, 0.25) is 0 Å². The van der Waals surface area contributed by atoms with Crippen LogP contribution in [0.25, 0.3) is 0 Å². The third kappa shape index (κ3) is 3.07. The van der Waals surface area contributed by atoms with Crippen LogP contribution in [0.3, 0.4) is 0 Å². The minimum absolute atomic E-state index is 0.0781. The van der Waals surface area contributed by atoms with E-state index >= 15 is 0 Å². The van der Waals surface area contributed by atoms with Crippen LogP contribution in [0.2, 0.25) is 0 Å². The summed E-state index contributed by atoms with van der Waals surface area (Å²) in [6.07, 6.45) is -2.21. The van der Waals surface area contributed by atoms with Crippen LogP contribution in [0.1, 0.15) is 16.8 Å². The standard InChI is InChI=1S/C10H10O5/c11-7-3-1-2-6(4-7)8(12)5-9(13)10(14)15/h1-4,9,11,13H,5H2,(H,14,15). The van der Waals surface area contributed by atoms with E-state index in [2.05, 4.69) is 0 Å². The number of rotatable bonds is 4. The van der Waals surface area contributed by atoms with Crippen molar-refractivity contribution >= 4 is 11.8 Å². The molecule has 0 saturated heterocycles. The molecule has 0 amide bonds. The fourth-order valence-electron chi connectivity index (χ4n) is 1.06. The molecule has 5 nitrogen and oxygen atoms in total. The summed E-state index contributed by atoms with van der Waals surface area (Å²) in [5.41, 5.74) is 0.176. The van der Waals surface area contributed by atoms with Gasteiger partial charge in [-0.25, -0.2) is 4.79 Å². The second-order valence-electron chi connectivity index (χ2n) is 3.03. The first-order valence-electron chi connectivity index (χ1n) is 4.24. The molecule has 0 saturated carbocycles. The number of carbonyl (C=O) groups excluding carboxylic acids is 1. The van der Waals surface area contributed by atoms with E-state index in [1.165, 1.54) is 24.3 Å². The van der Waals surface area contributed by atoms with E-state index in [-0.39, 0.29) is 11.3 Å². The zero-order chi connectivity index (χ0) is 11.4. The maximum atomic E-state index is 11.4. The van der Waals surface area contributed by atoms with E-state index in [9.17, 15) is 9.59 Å². The molecular formula is C10H10O5. The highest BCUT2D eigenvalue weighted by atomic mass is 16.4. The molecule has 0 heterocycles. The van der Waals surface area contributed by atoms with Gasteiger partial charge in [-0.15, -0.1) is 0 Å². The Morgan fingerprint density at radius 2 is 2.00 bits per heavy atom. The van der Waals surface area contributed by atoms with Gasteiger partial charge in [-0.3, -0.25) is 4.79 Å². The first kappa shape index (κ1) is 11.2. The normalized spacial score (nSPS) is 12.1. The predicted octanol–water partition coefficient (Wildman–Crippen LogP) is 0.411. The number of Topliss-reactive ketones (excluding diaryl/α,β-unsaturated/α-hetero) is 1. The Labute approximate surface area is 85.6 Å². The summed E-state index contributed by atoms with van der Waals surface area (Å²) in [5, 5.41) is 26.4. The number of hydrogen-bond acceptors (Lipinski definition) is 4. The Balaban J connectivity index is 2.73. The van der Waals surface area contributed by atoms with Gasteiger partial charge in [0.15, 0.2) is 11.9 Å². The fourth-order valence-corrected chi connectivity index (χ4v) is 1.06. The molecule has 1 rings (SSSR count). The summed E-state index contributed by atoms with van der Waals surface area (Å²) in [7, 11) is 0. The van der Waals surface area contributed by atoms with Crippen molar-refractivity contribution in [3.8, 4) is 5.75 Å². The van der Waals surface area contributed by atoms with Crippen LogP contribution in [-0.4, -0.2) is 33.2 Å². The van der Waals surface area contributed by atoms with Crippen molar-refractivity contribution in [1.82, 2.24) is 0 Å². The van der Waals surface area contributed by atoms with Crippen LogP contribution in [0.4, 0.5) is 0 Å². The first-order valence-corrected chi connectivity index (χ1v) is 4.24. The molecule has 5 heteroatoms. The number of hydrogen-bond donors (Lipinski definition) is 3. The lowest BCUT2D eigenvalue weighted by molar-refractivity contribution is -0.146. The summed E-state index contributed by atoms with van der Waals surface area (Å²) in [5.74, 6) is -2.05. The van der Waals surface area contributed by atoms with Crippen LogP contribution in [0.5, 0.6) is 5.75 Å². The molecule has 0 aliphatic carbocycles. The van der Waals surface area contributed by atoms with Crippen molar-refractivity contribution < 1.29 is 24.9 Å². The maximum absolute atomic E-state index is 11.4. The van der Waals surface area contributed by atoms with Gasteiger partial charge in [0, 0.05) is 12.0 Å². The highest BCUT2D eigenvalue weighted by Crippen LogP contribution is 2.13. The van der Waals surface area contributed by atoms with Crippen molar-refractivity contribution in [2.45, 2.75) is 12.5 Å². The maximum Gasteiger partial charge on any atom is 0.332 e. The molecule has 3 N–H and O–H groups in total. The van der Waals surface area contributed by atoms with E-state index in [4.69, 9.17) is 15.3 Å². The van der Waals surface area contributed by atoms with Gasteiger partial charge in [0.1, 0.15) is 5.75 Å². The zero-order valence-electron chi connectivity index (χ0n) is 7.75. The van der Waals surface area contributed by atoms with Crippen molar-refractivity contribution in [1.29, 1.82) is 0 Å². The molecule has 1 aromatic rings. The fraction of sp³-hybridized carbons (Fsp3) is 0.200. The number of benzene rings is 1. The third-order valence-corrected chi connectivity index (χ3v) is 1.83. The molecule has 1 unspecified atom stereocenters. The minimum atomic E-state index is -1.71. The van der Waals surface area contributed by atoms with Crippen molar-refractivity contribution in [3.63, 3.8) is 0 Å². The number of ketones is 1. The summed E-state index contributed by atoms with van der Waals surface area (Å²) in [4.78, 5) is 21.7. The SMILES string of the molecule is O=C(CC(O)C(=O)O)c1cccc(O)c1. The van der Waals surface area contributed by atoms with E-state index in [0.717, 1.165) is 0 Å². The second kappa shape index (κ2) is 4.56. The lowest BCUT2D eigenvalue weighted by Gasteiger charge is -2.04. The summed E-state index contributed by atoms with van der Waals surface area (Å²) in [6.45, 7) is 0. The Morgan fingerprint density at radius 1 is 1.33 bits per heavy atom. The Bertz CT molecular complexity index is 385. The second-order valence-corrected chi connectivity index (χ2v) is 3.03. The molecule has 0 bridgehead atoms. The Kier molecular flexibility index (Phi) is 3.41. The molecule has 1 aromatic carbocycles. The molecule has 0 radical (unpaired) electrons. The number of carbonyl (C=O) groups is 2. The molecule has 0 spiro atoms. The van der Waals surface area contributed by atoms with Gasteiger partial charge in [-0.1, -0.05) is 12.1 Å².